The number of piperidine rings is 1. The lowest BCUT2D eigenvalue weighted by Gasteiger charge is -2.26. The average molecular weight is 376 g/mol. The molecule has 2 N–H and O–H groups in total. The zero-order valence-corrected chi connectivity index (χ0v) is 14.8. The van der Waals surface area contributed by atoms with Crippen LogP contribution in [0.3, 0.4) is 0 Å². The molecule has 5 heteroatoms. The highest BCUT2D eigenvalue weighted by Crippen LogP contribution is 2.21. The lowest BCUT2D eigenvalue weighted by atomic mass is 9.95. The Morgan fingerprint density at radius 3 is 2.86 bits per heavy atom. The van der Waals surface area contributed by atoms with Crippen LogP contribution in [0, 0.1) is 5.92 Å². The van der Waals surface area contributed by atoms with Gasteiger partial charge in [0, 0.05) is 23.0 Å². The Morgan fingerprint density at radius 2 is 2.24 bits per heavy atom. The summed E-state index contributed by atoms with van der Waals surface area (Å²) >= 11 is 3.56. The largest absolute Gasteiger partial charge is 0.352 e. The SMILES string of the molecule is CCC(Cc1ccccc1Br)C(=O)NC1CCCNC1.Cl. The van der Waals surface area contributed by atoms with Gasteiger partial charge < -0.3 is 10.6 Å². The second kappa shape index (κ2) is 9.44. The van der Waals surface area contributed by atoms with E-state index in [1.807, 2.05) is 18.2 Å². The van der Waals surface area contributed by atoms with Crippen molar-refractivity contribution in [2.45, 2.75) is 38.6 Å². The van der Waals surface area contributed by atoms with E-state index in [9.17, 15) is 4.79 Å². The molecule has 0 bridgehead atoms. The molecule has 1 aromatic rings. The third-order valence-electron chi connectivity index (χ3n) is 3.93. The molecule has 0 spiro atoms. The molecule has 1 fully saturated rings. The molecule has 1 amide bonds. The molecular weight excluding hydrogens is 352 g/mol. The molecule has 2 atom stereocenters. The van der Waals surface area contributed by atoms with Gasteiger partial charge in [-0.05, 0) is 43.9 Å². The molecule has 0 aliphatic carbocycles. The van der Waals surface area contributed by atoms with E-state index in [1.54, 1.807) is 0 Å². The predicted molar refractivity (Wildman–Crippen MR) is 92.9 cm³/mol. The fourth-order valence-electron chi connectivity index (χ4n) is 2.65. The molecule has 1 heterocycles. The maximum atomic E-state index is 12.4. The number of hydrogen-bond donors (Lipinski definition) is 2. The van der Waals surface area contributed by atoms with Gasteiger partial charge in [-0.2, -0.15) is 0 Å². The molecule has 118 valence electrons. The topological polar surface area (TPSA) is 41.1 Å². The summed E-state index contributed by atoms with van der Waals surface area (Å²) in [5.41, 5.74) is 1.20. The zero-order valence-electron chi connectivity index (χ0n) is 12.4. The number of nitrogens with one attached hydrogen (secondary N) is 2. The average Bonchev–Trinajstić information content (AvgIpc) is 2.47. The molecule has 1 aliphatic rings. The van der Waals surface area contributed by atoms with Crippen molar-refractivity contribution in [1.82, 2.24) is 10.6 Å². The van der Waals surface area contributed by atoms with Crippen molar-refractivity contribution < 1.29 is 4.79 Å². The Bertz CT molecular complexity index is 450. The molecular formula is C16H24BrClN2O. The molecule has 0 saturated carbocycles. The summed E-state index contributed by atoms with van der Waals surface area (Å²) in [4.78, 5) is 12.4. The highest BCUT2D eigenvalue weighted by Gasteiger charge is 2.22. The molecule has 1 saturated heterocycles. The summed E-state index contributed by atoms with van der Waals surface area (Å²) in [6.45, 7) is 4.05. The van der Waals surface area contributed by atoms with Crippen LogP contribution in [0.25, 0.3) is 0 Å². The Hall–Kier alpha value is -0.580. The smallest absolute Gasteiger partial charge is 0.223 e. The first-order valence-corrected chi connectivity index (χ1v) is 8.24. The van der Waals surface area contributed by atoms with Gasteiger partial charge in [-0.25, -0.2) is 0 Å². The van der Waals surface area contributed by atoms with Crippen LogP contribution >= 0.6 is 28.3 Å². The predicted octanol–water partition coefficient (Wildman–Crippen LogP) is 3.31. The van der Waals surface area contributed by atoms with E-state index in [0.29, 0.717) is 6.04 Å². The van der Waals surface area contributed by atoms with Gasteiger partial charge in [-0.1, -0.05) is 41.1 Å². The van der Waals surface area contributed by atoms with Crippen molar-refractivity contribution in [2.24, 2.45) is 5.92 Å². The normalized spacial score (nSPS) is 19.4. The van der Waals surface area contributed by atoms with Crippen LogP contribution in [0.15, 0.2) is 28.7 Å². The van der Waals surface area contributed by atoms with Crippen LogP contribution in [0.1, 0.15) is 31.7 Å². The van der Waals surface area contributed by atoms with Crippen molar-refractivity contribution >= 4 is 34.2 Å². The van der Waals surface area contributed by atoms with E-state index in [4.69, 9.17) is 0 Å². The first-order chi connectivity index (χ1) is 9.70. The second-order valence-electron chi connectivity index (χ2n) is 5.45. The van der Waals surface area contributed by atoms with E-state index in [0.717, 1.165) is 43.2 Å². The van der Waals surface area contributed by atoms with Gasteiger partial charge in [-0.15, -0.1) is 12.4 Å². The lowest BCUT2D eigenvalue weighted by molar-refractivity contribution is -0.125. The summed E-state index contributed by atoms with van der Waals surface area (Å²) < 4.78 is 1.09. The number of carbonyl (C=O) groups is 1. The van der Waals surface area contributed by atoms with Gasteiger partial charge in [0.05, 0.1) is 0 Å². The number of hydrogen-bond acceptors (Lipinski definition) is 2. The fourth-order valence-corrected chi connectivity index (χ4v) is 3.09. The monoisotopic (exact) mass is 374 g/mol. The number of carbonyl (C=O) groups excluding carboxylic acids is 1. The molecule has 1 aromatic carbocycles. The first kappa shape index (κ1) is 18.5. The maximum absolute atomic E-state index is 12.4. The minimum absolute atomic E-state index is 0. The minimum Gasteiger partial charge on any atom is -0.352 e. The zero-order chi connectivity index (χ0) is 14.4. The van der Waals surface area contributed by atoms with Gasteiger partial charge in [0.2, 0.25) is 5.91 Å². The van der Waals surface area contributed by atoms with E-state index >= 15 is 0 Å². The Kier molecular flexibility index (Phi) is 8.30. The van der Waals surface area contributed by atoms with Crippen LogP contribution in [0.5, 0.6) is 0 Å². The summed E-state index contributed by atoms with van der Waals surface area (Å²) in [5.74, 6) is 0.243. The highest BCUT2D eigenvalue weighted by molar-refractivity contribution is 9.10. The van der Waals surface area contributed by atoms with Gasteiger partial charge in [-0.3, -0.25) is 4.79 Å². The summed E-state index contributed by atoms with van der Waals surface area (Å²) in [6, 6.07) is 8.44. The van der Waals surface area contributed by atoms with Crippen LogP contribution in [-0.4, -0.2) is 25.0 Å². The molecule has 0 aromatic heterocycles. The van der Waals surface area contributed by atoms with Crippen molar-refractivity contribution in [3.05, 3.63) is 34.3 Å². The molecule has 2 rings (SSSR count). The Morgan fingerprint density at radius 1 is 1.48 bits per heavy atom. The van der Waals surface area contributed by atoms with Crippen LogP contribution in [0.4, 0.5) is 0 Å². The molecule has 3 nitrogen and oxygen atoms in total. The fraction of sp³-hybridized carbons (Fsp3) is 0.562. The van der Waals surface area contributed by atoms with Crippen LogP contribution < -0.4 is 10.6 Å². The van der Waals surface area contributed by atoms with Crippen molar-refractivity contribution in [2.75, 3.05) is 13.1 Å². The van der Waals surface area contributed by atoms with E-state index in [-0.39, 0.29) is 24.2 Å². The van der Waals surface area contributed by atoms with Crippen molar-refractivity contribution in [3.63, 3.8) is 0 Å². The van der Waals surface area contributed by atoms with Gasteiger partial charge in [0.15, 0.2) is 0 Å². The van der Waals surface area contributed by atoms with Gasteiger partial charge in [0.25, 0.3) is 0 Å². The van der Waals surface area contributed by atoms with Crippen LogP contribution in [0.2, 0.25) is 0 Å². The molecule has 2 unspecified atom stereocenters. The third kappa shape index (κ3) is 5.61. The lowest BCUT2D eigenvalue weighted by Crippen LogP contribution is -2.47. The second-order valence-corrected chi connectivity index (χ2v) is 6.31. The number of rotatable bonds is 5. The standard InChI is InChI=1S/C16H23BrN2O.ClH/c1-2-12(10-13-6-3-4-8-15(13)17)16(20)19-14-7-5-9-18-11-14;/h3-4,6,8,12,14,18H,2,5,7,9-11H2,1H3,(H,19,20);1H. The highest BCUT2D eigenvalue weighted by atomic mass is 79.9. The van der Waals surface area contributed by atoms with Crippen molar-refractivity contribution in [1.29, 1.82) is 0 Å². The Labute approximate surface area is 141 Å². The van der Waals surface area contributed by atoms with Crippen molar-refractivity contribution in [3.8, 4) is 0 Å². The molecule has 0 radical (unpaired) electrons. The summed E-state index contributed by atoms with van der Waals surface area (Å²) in [6.07, 6.45) is 3.90. The van der Waals surface area contributed by atoms with Gasteiger partial charge in [0.1, 0.15) is 0 Å². The number of benzene rings is 1. The maximum Gasteiger partial charge on any atom is 0.223 e. The summed E-state index contributed by atoms with van der Waals surface area (Å²) in [5, 5.41) is 6.53. The van der Waals surface area contributed by atoms with Crippen LogP contribution in [-0.2, 0) is 11.2 Å². The number of amides is 1. The summed E-state index contributed by atoms with van der Waals surface area (Å²) in [7, 11) is 0. The first-order valence-electron chi connectivity index (χ1n) is 7.45. The molecule has 21 heavy (non-hydrogen) atoms. The molecule has 1 aliphatic heterocycles. The quantitative estimate of drug-likeness (QED) is 0.829. The Balaban J connectivity index is 0.00000220. The minimum atomic E-state index is 0. The number of halogens is 2. The van der Waals surface area contributed by atoms with E-state index in [2.05, 4.69) is 39.6 Å². The van der Waals surface area contributed by atoms with E-state index in [1.165, 1.54) is 5.56 Å². The third-order valence-corrected chi connectivity index (χ3v) is 4.70. The van der Waals surface area contributed by atoms with E-state index < -0.39 is 0 Å². The van der Waals surface area contributed by atoms with Gasteiger partial charge >= 0.3 is 0 Å².